The van der Waals surface area contributed by atoms with E-state index in [0.29, 0.717) is 30.3 Å². The van der Waals surface area contributed by atoms with Gasteiger partial charge in [-0.15, -0.1) is 0 Å². The molecule has 3 saturated carbocycles. The second-order valence-electron chi connectivity index (χ2n) is 7.30. The molecule has 4 aliphatic carbocycles. The van der Waals surface area contributed by atoms with Crippen LogP contribution in [0.15, 0.2) is 12.2 Å². The lowest BCUT2D eigenvalue weighted by Crippen LogP contribution is -2.48. The minimum atomic E-state index is -0.119. The van der Waals surface area contributed by atoms with Crippen LogP contribution < -0.4 is 0 Å². The van der Waals surface area contributed by atoms with Crippen molar-refractivity contribution in [2.75, 3.05) is 6.61 Å². The predicted molar refractivity (Wildman–Crippen MR) is 73.3 cm³/mol. The number of hydrogen-bond donors (Lipinski definition) is 0. The number of hydrogen-bond acceptors (Lipinski definition) is 2. The summed E-state index contributed by atoms with van der Waals surface area (Å²) in [6, 6.07) is 0. The Morgan fingerprint density at radius 3 is 2.95 bits per heavy atom. The van der Waals surface area contributed by atoms with Crippen molar-refractivity contribution in [3.05, 3.63) is 12.2 Å². The van der Waals surface area contributed by atoms with Crippen LogP contribution in [-0.2, 0) is 9.53 Å². The Labute approximate surface area is 115 Å². The van der Waals surface area contributed by atoms with Crippen molar-refractivity contribution in [2.24, 2.45) is 40.9 Å². The molecule has 0 radical (unpaired) electrons. The van der Waals surface area contributed by atoms with Crippen LogP contribution in [-0.4, -0.2) is 12.6 Å². The van der Waals surface area contributed by atoms with Crippen LogP contribution in [0.2, 0.25) is 0 Å². The van der Waals surface area contributed by atoms with Crippen LogP contribution in [0.1, 0.15) is 39.5 Å². The van der Waals surface area contributed by atoms with Crippen molar-refractivity contribution in [3.63, 3.8) is 0 Å². The van der Waals surface area contributed by atoms with Gasteiger partial charge >= 0.3 is 5.97 Å². The van der Waals surface area contributed by atoms with Crippen molar-refractivity contribution >= 4 is 5.97 Å². The molecule has 4 rings (SSSR count). The number of rotatable bonds is 3. The lowest BCUT2D eigenvalue weighted by molar-refractivity contribution is -0.166. The first-order chi connectivity index (χ1) is 9.19. The summed E-state index contributed by atoms with van der Waals surface area (Å²) in [6.07, 6.45) is 9.40. The third-order valence-electron chi connectivity index (χ3n) is 6.61. The number of allylic oxidation sites excluding steroid dienone is 2. The summed E-state index contributed by atoms with van der Waals surface area (Å²) in [4.78, 5) is 12.8. The molecule has 7 atom stereocenters. The van der Waals surface area contributed by atoms with Gasteiger partial charge in [0.15, 0.2) is 0 Å². The first kappa shape index (κ1) is 12.0. The lowest BCUT2D eigenvalue weighted by Gasteiger charge is -2.44. The molecule has 104 valence electrons. The molecule has 19 heavy (non-hydrogen) atoms. The fourth-order valence-electron chi connectivity index (χ4n) is 6.14. The molecule has 2 heteroatoms. The molecule has 0 heterocycles. The average Bonchev–Trinajstić information content (AvgIpc) is 3.11. The van der Waals surface area contributed by atoms with E-state index in [-0.39, 0.29) is 11.4 Å². The first-order valence-corrected chi connectivity index (χ1v) is 8.05. The van der Waals surface area contributed by atoms with Crippen LogP contribution in [0.25, 0.3) is 0 Å². The van der Waals surface area contributed by atoms with Gasteiger partial charge in [-0.2, -0.15) is 0 Å². The Kier molecular flexibility index (Phi) is 2.44. The maximum atomic E-state index is 12.8. The highest BCUT2D eigenvalue weighted by atomic mass is 16.5. The normalized spacial score (nSPS) is 52.7. The molecule has 0 N–H and O–H groups in total. The quantitative estimate of drug-likeness (QED) is 0.441. The molecule has 3 fully saturated rings. The van der Waals surface area contributed by atoms with Crippen LogP contribution >= 0.6 is 0 Å². The number of fused-ring (bicyclic) bond motifs is 9. The molecule has 4 bridgehead atoms. The van der Waals surface area contributed by atoms with Crippen LogP contribution in [0.4, 0.5) is 0 Å². The Bertz CT molecular complexity index is 441. The zero-order valence-electron chi connectivity index (χ0n) is 12.0. The van der Waals surface area contributed by atoms with Gasteiger partial charge in [0, 0.05) is 0 Å². The Hall–Kier alpha value is -0.790. The van der Waals surface area contributed by atoms with Crippen LogP contribution in [0.5, 0.6) is 0 Å². The molecule has 0 aromatic rings. The van der Waals surface area contributed by atoms with E-state index in [9.17, 15) is 4.79 Å². The summed E-state index contributed by atoms with van der Waals surface area (Å²) in [6.45, 7) is 5.06. The van der Waals surface area contributed by atoms with Crippen molar-refractivity contribution < 1.29 is 9.53 Å². The van der Waals surface area contributed by atoms with Crippen molar-refractivity contribution in [1.29, 1.82) is 0 Å². The van der Waals surface area contributed by atoms with Crippen molar-refractivity contribution in [1.82, 2.24) is 0 Å². The maximum absolute atomic E-state index is 12.8. The lowest BCUT2D eigenvalue weighted by atomic mass is 9.59. The van der Waals surface area contributed by atoms with E-state index in [2.05, 4.69) is 26.0 Å². The maximum Gasteiger partial charge on any atom is 0.313 e. The van der Waals surface area contributed by atoms with Crippen molar-refractivity contribution in [2.45, 2.75) is 39.5 Å². The smallest absolute Gasteiger partial charge is 0.313 e. The molecule has 0 amide bonds. The molecule has 7 unspecified atom stereocenters. The predicted octanol–water partition coefficient (Wildman–Crippen LogP) is 3.42. The van der Waals surface area contributed by atoms with Crippen LogP contribution in [0, 0.1) is 40.9 Å². The van der Waals surface area contributed by atoms with E-state index >= 15 is 0 Å². The Balaban J connectivity index is 1.72. The van der Waals surface area contributed by atoms with E-state index < -0.39 is 0 Å². The highest BCUT2D eigenvalue weighted by Crippen LogP contribution is 2.73. The van der Waals surface area contributed by atoms with Gasteiger partial charge in [0.25, 0.3) is 0 Å². The van der Waals surface area contributed by atoms with Gasteiger partial charge < -0.3 is 4.74 Å². The summed E-state index contributed by atoms with van der Waals surface area (Å²) in [5.41, 5.74) is -0.119. The van der Waals surface area contributed by atoms with Gasteiger partial charge in [0.05, 0.1) is 12.0 Å². The van der Waals surface area contributed by atoms with E-state index in [4.69, 9.17) is 4.74 Å². The number of carbonyl (C=O) groups excluding carboxylic acids is 1. The topological polar surface area (TPSA) is 26.3 Å². The fourth-order valence-corrected chi connectivity index (χ4v) is 6.14. The van der Waals surface area contributed by atoms with E-state index in [1.54, 1.807) is 0 Å². The monoisotopic (exact) mass is 260 g/mol. The van der Waals surface area contributed by atoms with Gasteiger partial charge in [0.2, 0.25) is 0 Å². The second-order valence-corrected chi connectivity index (χ2v) is 7.30. The first-order valence-electron chi connectivity index (χ1n) is 8.05. The van der Waals surface area contributed by atoms with E-state index in [1.807, 2.05) is 0 Å². The molecule has 0 aliphatic heterocycles. The highest BCUT2D eigenvalue weighted by Gasteiger charge is 2.73. The number of esters is 1. The fraction of sp³-hybridized carbons (Fsp3) is 0.824. The molecule has 0 saturated heterocycles. The molecular weight excluding hydrogens is 236 g/mol. The van der Waals surface area contributed by atoms with Gasteiger partial charge in [-0.25, -0.2) is 0 Å². The van der Waals surface area contributed by atoms with Gasteiger partial charge in [-0.1, -0.05) is 26.0 Å². The Morgan fingerprint density at radius 1 is 1.32 bits per heavy atom. The minimum Gasteiger partial charge on any atom is -0.465 e. The Morgan fingerprint density at radius 2 is 2.16 bits per heavy atom. The zero-order chi connectivity index (χ0) is 13.2. The third kappa shape index (κ3) is 1.26. The summed E-state index contributed by atoms with van der Waals surface area (Å²) in [5.74, 6) is 4.08. The van der Waals surface area contributed by atoms with E-state index in [1.165, 1.54) is 19.3 Å². The molecule has 0 spiro atoms. The van der Waals surface area contributed by atoms with Crippen LogP contribution in [0.3, 0.4) is 0 Å². The molecule has 4 aliphatic rings. The highest BCUT2D eigenvalue weighted by molar-refractivity contribution is 5.80. The molecular formula is C17H24O2. The summed E-state index contributed by atoms with van der Waals surface area (Å²) >= 11 is 0. The minimum absolute atomic E-state index is 0.119. The molecule has 0 aromatic carbocycles. The van der Waals surface area contributed by atoms with Crippen molar-refractivity contribution in [3.8, 4) is 0 Å². The number of ether oxygens (including phenoxy) is 1. The standard InChI is InChI=1S/C17H24O2/c1-3-6-19-16(18)17-12-5-4-11(8-12)15(17)14-9-13(17)7-10(14)2/h4-5,10-15H,3,6-9H2,1-2H3. The average molecular weight is 260 g/mol. The summed E-state index contributed by atoms with van der Waals surface area (Å²) in [5, 5.41) is 0. The summed E-state index contributed by atoms with van der Waals surface area (Å²) in [7, 11) is 0. The van der Waals surface area contributed by atoms with Gasteiger partial charge in [0.1, 0.15) is 0 Å². The van der Waals surface area contributed by atoms with Gasteiger partial charge in [-0.05, 0) is 61.2 Å². The number of carbonyl (C=O) groups is 1. The summed E-state index contributed by atoms with van der Waals surface area (Å²) < 4.78 is 5.65. The third-order valence-corrected chi connectivity index (χ3v) is 6.61. The zero-order valence-corrected chi connectivity index (χ0v) is 12.0. The van der Waals surface area contributed by atoms with Gasteiger partial charge in [-0.3, -0.25) is 4.79 Å². The molecule has 2 nitrogen and oxygen atoms in total. The SMILES string of the molecule is CCCOC(=O)C12C3C=CC(C3)C1C1CC2CC1C. The second kappa shape index (κ2) is 3.86. The molecule has 0 aromatic heterocycles. The largest absolute Gasteiger partial charge is 0.465 e. The van der Waals surface area contributed by atoms with E-state index in [0.717, 1.165) is 18.3 Å².